The van der Waals surface area contributed by atoms with E-state index in [1.165, 1.54) is 24.3 Å². The van der Waals surface area contributed by atoms with E-state index in [1.807, 2.05) is 38.1 Å². The Balaban J connectivity index is 1.52. The summed E-state index contributed by atoms with van der Waals surface area (Å²) in [6.45, 7) is 3.97. The summed E-state index contributed by atoms with van der Waals surface area (Å²) in [6.07, 6.45) is -0.116. The first-order chi connectivity index (χ1) is 16.7. The topological polar surface area (TPSA) is 121 Å². The van der Waals surface area contributed by atoms with Gasteiger partial charge < -0.3 is 0 Å². The Morgan fingerprint density at radius 1 is 0.743 bits per heavy atom. The van der Waals surface area contributed by atoms with E-state index in [9.17, 15) is 22.8 Å². The molecule has 3 N–H and O–H groups in total. The molecule has 3 rings (SSSR count). The lowest BCUT2D eigenvalue weighted by molar-refractivity contribution is -0.121. The Morgan fingerprint density at radius 3 is 2.20 bits per heavy atom. The molecule has 0 saturated carbocycles. The summed E-state index contributed by atoms with van der Waals surface area (Å²) in [5.41, 5.74) is 7.96. The quantitative estimate of drug-likeness (QED) is 0.312. The predicted molar refractivity (Wildman–Crippen MR) is 132 cm³/mol. The van der Waals surface area contributed by atoms with Gasteiger partial charge in [-0.3, -0.25) is 25.2 Å². The largest absolute Gasteiger partial charge is 0.294 e. The van der Waals surface area contributed by atoms with Crippen molar-refractivity contribution in [1.29, 1.82) is 0 Å². The number of benzene rings is 3. The fourth-order valence-corrected chi connectivity index (χ4v) is 4.27. The molecule has 0 aromatic heterocycles. The maximum Gasteiger partial charge on any atom is 0.269 e. The van der Waals surface area contributed by atoms with Crippen molar-refractivity contribution in [3.63, 3.8) is 0 Å². The van der Waals surface area contributed by atoms with Crippen molar-refractivity contribution in [2.24, 2.45) is 0 Å². The van der Waals surface area contributed by atoms with E-state index in [0.717, 1.165) is 16.7 Å². The van der Waals surface area contributed by atoms with Gasteiger partial charge in [0.25, 0.3) is 5.91 Å². The average molecular weight is 494 g/mol. The first-order valence-electron chi connectivity index (χ1n) is 11.0. The van der Waals surface area contributed by atoms with E-state index in [4.69, 9.17) is 0 Å². The molecule has 0 aliphatic carbocycles. The van der Waals surface area contributed by atoms with Crippen molar-refractivity contribution in [3.8, 4) is 0 Å². The molecule has 8 nitrogen and oxygen atoms in total. The van der Waals surface area contributed by atoms with Crippen LogP contribution in [-0.4, -0.2) is 26.0 Å². The lowest BCUT2D eigenvalue weighted by atomic mass is 10.0. The summed E-state index contributed by atoms with van der Waals surface area (Å²) in [4.78, 5) is 36.8. The van der Waals surface area contributed by atoms with Gasteiger partial charge in [-0.05, 0) is 54.8 Å². The summed E-state index contributed by atoms with van der Waals surface area (Å²) in [6, 6.07) is 19.9. The van der Waals surface area contributed by atoms with Gasteiger partial charge in [0.2, 0.25) is 15.9 Å². The smallest absolute Gasteiger partial charge is 0.269 e. The van der Waals surface area contributed by atoms with E-state index in [-0.39, 0.29) is 35.6 Å². The van der Waals surface area contributed by atoms with Crippen LogP contribution in [0.15, 0.2) is 77.7 Å². The number of sulfonamides is 1. The number of carbonyl (C=O) groups excluding carboxylic acids is 3. The predicted octanol–water partition coefficient (Wildman–Crippen LogP) is 3.21. The molecule has 0 heterocycles. The SMILES string of the molecule is Cc1ccc(C(=O)CCC(=O)NNC(=O)c2cccc(S(=O)(=O)NCc3ccccc3)c2)cc1C. The van der Waals surface area contributed by atoms with Crippen LogP contribution >= 0.6 is 0 Å². The minimum absolute atomic E-state index is 0.00891. The summed E-state index contributed by atoms with van der Waals surface area (Å²) >= 11 is 0. The summed E-state index contributed by atoms with van der Waals surface area (Å²) in [5.74, 6) is -1.39. The molecule has 3 aromatic rings. The Bertz CT molecular complexity index is 1340. The fraction of sp³-hybridized carbons (Fsp3) is 0.192. The molecule has 0 unspecified atom stereocenters. The van der Waals surface area contributed by atoms with Gasteiger partial charge in [0.1, 0.15) is 0 Å². The molecular weight excluding hydrogens is 466 g/mol. The van der Waals surface area contributed by atoms with Crippen molar-refractivity contribution < 1.29 is 22.8 Å². The number of amides is 2. The van der Waals surface area contributed by atoms with E-state index >= 15 is 0 Å². The van der Waals surface area contributed by atoms with Gasteiger partial charge in [-0.15, -0.1) is 0 Å². The normalized spacial score (nSPS) is 11.0. The molecule has 0 atom stereocenters. The first-order valence-corrected chi connectivity index (χ1v) is 12.5. The minimum Gasteiger partial charge on any atom is -0.294 e. The highest BCUT2D eigenvalue weighted by Gasteiger charge is 2.17. The highest BCUT2D eigenvalue weighted by Crippen LogP contribution is 2.14. The Hall–Kier alpha value is -3.82. The van der Waals surface area contributed by atoms with E-state index < -0.39 is 21.8 Å². The zero-order chi connectivity index (χ0) is 25.4. The number of carbonyl (C=O) groups is 3. The number of hydrogen-bond acceptors (Lipinski definition) is 5. The monoisotopic (exact) mass is 493 g/mol. The molecule has 0 fully saturated rings. The molecule has 0 aliphatic rings. The molecule has 35 heavy (non-hydrogen) atoms. The Morgan fingerprint density at radius 2 is 1.49 bits per heavy atom. The number of ketones is 1. The molecule has 0 spiro atoms. The average Bonchev–Trinajstić information content (AvgIpc) is 2.87. The van der Waals surface area contributed by atoms with E-state index in [2.05, 4.69) is 15.6 Å². The molecule has 3 aromatic carbocycles. The lowest BCUT2D eigenvalue weighted by Gasteiger charge is -2.10. The van der Waals surface area contributed by atoms with Crippen LogP contribution in [0.2, 0.25) is 0 Å². The number of nitrogens with one attached hydrogen (secondary N) is 3. The van der Waals surface area contributed by atoms with Crippen LogP contribution in [-0.2, 0) is 21.4 Å². The van der Waals surface area contributed by atoms with Gasteiger partial charge in [-0.1, -0.05) is 48.5 Å². The van der Waals surface area contributed by atoms with Gasteiger partial charge >= 0.3 is 0 Å². The van der Waals surface area contributed by atoms with Gasteiger partial charge in [0, 0.05) is 30.5 Å². The van der Waals surface area contributed by atoms with Crippen LogP contribution in [0.3, 0.4) is 0 Å². The number of aryl methyl sites for hydroxylation is 2. The van der Waals surface area contributed by atoms with Crippen LogP contribution < -0.4 is 15.6 Å². The Kier molecular flexibility index (Phi) is 8.51. The minimum atomic E-state index is -3.85. The molecule has 0 saturated heterocycles. The molecule has 0 radical (unpaired) electrons. The maximum atomic E-state index is 12.6. The van der Waals surface area contributed by atoms with Crippen molar-refractivity contribution in [2.75, 3.05) is 0 Å². The molecule has 2 amide bonds. The third-order valence-electron chi connectivity index (χ3n) is 5.44. The van der Waals surface area contributed by atoms with Gasteiger partial charge in [0.05, 0.1) is 4.90 Å². The van der Waals surface area contributed by atoms with Crippen LogP contribution in [0.25, 0.3) is 0 Å². The third kappa shape index (κ3) is 7.33. The van der Waals surface area contributed by atoms with Crippen LogP contribution in [0.4, 0.5) is 0 Å². The third-order valence-corrected chi connectivity index (χ3v) is 6.84. The molecule has 0 bridgehead atoms. The van der Waals surface area contributed by atoms with Crippen molar-refractivity contribution in [2.45, 2.75) is 38.1 Å². The van der Waals surface area contributed by atoms with Crippen molar-refractivity contribution in [1.82, 2.24) is 15.6 Å². The summed E-state index contributed by atoms with van der Waals surface area (Å²) in [7, 11) is -3.85. The van der Waals surface area contributed by atoms with Gasteiger partial charge in [-0.25, -0.2) is 13.1 Å². The lowest BCUT2D eigenvalue weighted by Crippen LogP contribution is -2.41. The molecule has 9 heteroatoms. The van der Waals surface area contributed by atoms with Crippen LogP contribution in [0.5, 0.6) is 0 Å². The summed E-state index contributed by atoms with van der Waals surface area (Å²) < 4.78 is 27.7. The fourth-order valence-electron chi connectivity index (χ4n) is 3.21. The molecular formula is C26H27N3O5S. The number of rotatable bonds is 9. The van der Waals surface area contributed by atoms with Gasteiger partial charge in [0.15, 0.2) is 5.78 Å². The van der Waals surface area contributed by atoms with Crippen LogP contribution in [0.1, 0.15) is 50.2 Å². The highest BCUT2D eigenvalue weighted by atomic mass is 32.2. The number of hydrazine groups is 1. The van der Waals surface area contributed by atoms with Crippen molar-refractivity contribution in [3.05, 3.63) is 101 Å². The number of hydrogen-bond donors (Lipinski definition) is 3. The zero-order valence-corrected chi connectivity index (χ0v) is 20.3. The second-order valence-corrected chi connectivity index (χ2v) is 9.83. The maximum absolute atomic E-state index is 12.6. The highest BCUT2D eigenvalue weighted by molar-refractivity contribution is 7.89. The van der Waals surface area contributed by atoms with Crippen LogP contribution in [0, 0.1) is 13.8 Å². The Labute approximate surface area is 204 Å². The molecule has 182 valence electrons. The van der Waals surface area contributed by atoms with E-state index in [0.29, 0.717) is 5.56 Å². The van der Waals surface area contributed by atoms with Crippen molar-refractivity contribution >= 4 is 27.6 Å². The standard InChI is InChI=1S/C26H27N3O5S/c1-18-11-12-21(15-19(18)2)24(30)13-14-25(31)28-29-26(32)22-9-6-10-23(16-22)35(33,34)27-17-20-7-4-3-5-8-20/h3-12,15-16,27H,13-14,17H2,1-2H3,(H,28,31)(H,29,32). The number of Topliss-reactive ketones (excluding diaryl/α,β-unsaturated/α-hetero) is 1. The second-order valence-electron chi connectivity index (χ2n) is 8.06. The van der Waals surface area contributed by atoms with Gasteiger partial charge in [-0.2, -0.15) is 0 Å². The second kappa shape index (κ2) is 11.5. The molecule has 0 aliphatic heterocycles. The zero-order valence-electron chi connectivity index (χ0n) is 19.5. The summed E-state index contributed by atoms with van der Waals surface area (Å²) in [5, 5.41) is 0. The van der Waals surface area contributed by atoms with E-state index in [1.54, 1.807) is 24.3 Å². The first kappa shape index (κ1) is 25.8.